The summed E-state index contributed by atoms with van der Waals surface area (Å²) in [6, 6.07) is 25.1. The predicted octanol–water partition coefficient (Wildman–Crippen LogP) is 3.75. The van der Waals surface area contributed by atoms with E-state index in [1.807, 2.05) is 60.7 Å². The van der Waals surface area contributed by atoms with Gasteiger partial charge in [0.05, 0.1) is 11.7 Å². The van der Waals surface area contributed by atoms with Gasteiger partial charge in [0.25, 0.3) is 0 Å². The summed E-state index contributed by atoms with van der Waals surface area (Å²) >= 11 is 1.00. The van der Waals surface area contributed by atoms with Gasteiger partial charge in [0.2, 0.25) is 15.9 Å². The average Bonchev–Trinajstić information content (AvgIpc) is 3.37. The Kier molecular flexibility index (Phi) is 6.40. The van der Waals surface area contributed by atoms with Crippen molar-refractivity contribution in [2.75, 3.05) is 26.2 Å². The van der Waals surface area contributed by atoms with Crippen molar-refractivity contribution in [1.82, 2.24) is 18.0 Å². The number of rotatable bonds is 6. The molecule has 1 fully saturated rings. The first-order valence-electron chi connectivity index (χ1n) is 11.1. The number of carbonyl (C=O) groups excluding carboxylic acids is 1. The van der Waals surface area contributed by atoms with Gasteiger partial charge in [-0.05, 0) is 23.3 Å². The van der Waals surface area contributed by atoms with Crippen molar-refractivity contribution in [1.29, 1.82) is 0 Å². The molecule has 1 saturated heterocycles. The standard InChI is InChI=1S/C25H24N4O3S2/c30-24(18-21(19-8-3-1-4-9-19)20-10-5-2-6-11-20)28-14-16-29(17-15-28)34(31,32)23-13-7-12-22-25(23)27-33-26-22/h1-13,21H,14-18H2. The molecule has 1 aromatic heterocycles. The molecular formula is C25H24N4O3S2. The first kappa shape index (κ1) is 22.6. The van der Waals surface area contributed by atoms with Gasteiger partial charge in [0.1, 0.15) is 15.9 Å². The van der Waals surface area contributed by atoms with Crippen molar-refractivity contribution in [3.63, 3.8) is 0 Å². The summed E-state index contributed by atoms with van der Waals surface area (Å²) in [5.74, 6) is -0.0213. The lowest BCUT2D eigenvalue weighted by Crippen LogP contribution is -2.50. The molecule has 0 unspecified atom stereocenters. The van der Waals surface area contributed by atoms with Crippen LogP contribution in [0.15, 0.2) is 83.8 Å². The Labute approximate surface area is 203 Å². The van der Waals surface area contributed by atoms with E-state index in [1.54, 1.807) is 23.1 Å². The van der Waals surface area contributed by atoms with Crippen molar-refractivity contribution < 1.29 is 13.2 Å². The lowest BCUT2D eigenvalue weighted by atomic mass is 9.88. The van der Waals surface area contributed by atoms with E-state index >= 15 is 0 Å². The second-order valence-electron chi connectivity index (χ2n) is 8.25. The van der Waals surface area contributed by atoms with Crippen LogP contribution in [0.3, 0.4) is 0 Å². The molecule has 0 bridgehead atoms. The molecule has 0 aliphatic carbocycles. The van der Waals surface area contributed by atoms with E-state index in [2.05, 4.69) is 8.75 Å². The summed E-state index contributed by atoms with van der Waals surface area (Å²) < 4.78 is 36.3. The fourth-order valence-corrected chi connectivity index (χ4v) is 6.58. The van der Waals surface area contributed by atoms with Crippen LogP contribution in [-0.4, -0.2) is 58.5 Å². The SMILES string of the molecule is O=C(CC(c1ccccc1)c1ccccc1)N1CCN(S(=O)(=O)c2cccc3nsnc23)CC1. The van der Waals surface area contributed by atoms with Crippen molar-refractivity contribution in [3.05, 3.63) is 90.0 Å². The molecular weight excluding hydrogens is 468 g/mol. The third kappa shape index (κ3) is 4.46. The molecule has 9 heteroatoms. The van der Waals surface area contributed by atoms with E-state index in [-0.39, 0.29) is 29.8 Å². The smallest absolute Gasteiger partial charge is 0.245 e. The van der Waals surface area contributed by atoms with Gasteiger partial charge in [0, 0.05) is 38.5 Å². The van der Waals surface area contributed by atoms with Gasteiger partial charge in [0.15, 0.2) is 0 Å². The number of hydrogen-bond donors (Lipinski definition) is 0. The number of fused-ring (bicyclic) bond motifs is 1. The largest absolute Gasteiger partial charge is 0.340 e. The molecule has 4 aromatic rings. The number of hydrogen-bond acceptors (Lipinski definition) is 6. The molecule has 1 aliphatic heterocycles. The normalized spacial score (nSPS) is 15.1. The third-order valence-electron chi connectivity index (χ3n) is 6.24. The predicted molar refractivity (Wildman–Crippen MR) is 132 cm³/mol. The summed E-state index contributed by atoms with van der Waals surface area (Å²) in [7, 11) is -3.72. The van der Waals surface area contributed by atoms with Crippen molar-refractivity contribution in [3.8, 4) is 0 Å². The highest BCUT2D eigenvalue weighted by atomic mass is 32.2. The second-order valence-corrected chi connectivity index (χ2v) is 10.7. The molecule has 1 aliphatic rings. The first-order chi connectivity index (χ1) is 16.5. The highest BCUT2D eigenvalue weighted by Gasteiger charge is 2.32. The van der Waals surface area contributed by atoms with Crippen molar-refractivity contribution >= 4 is 38.7 Å². The van der Waals surface area contributed by atoms with Gasteiger partial charge in [-0.25, -0.2) is 8.42 Å². The number of piperazine rings is 1. The van der Waals surface area contributed by atoms with Crippen LogP contribution in [0.2, 0.25) is 0 Å². The zero-order valence-electron chi connectivity index (χ0n) is 18.4. The molecule has 3 aromatic carbocycles. The molecule has 7 nitrogen and oxygen atoms in total. The van der Waals surface area contributed by atoms with Gasteiger partial charge >= 0.3 is 0 Å². The molecule has 1 amide bonds. The summed E-state index contributed by atoms with van der Waals surface area (Å²) in [4.78, 5) is 15.2. The lowest BCUT2D eigenvalue weighted by molar-refractivity contribution is -0.132. The van der Waals surface area contributed by atoms with E-state index in [1.165, 1.54) is 4.31 Å². The Morgan fingerprint density at radius 3 is 2.06 bits per heavy atom. The van der Waals surface area contributed by atoms with Crippen LogP contribution in [-0.2, 0) is 14.8 Å². The number of benzene rings is 3. The van der Waals surface area contributed by atoms with Crippen LogP contribution in [0.5, 0.6) is 0 Å². The van der Waals surface area contributed by atoms with Crippen LogP contribution in [0, 0.1) is 0 Å². The zero-order valence-corrected chi connectivity index (χ0v) is 20.1. The maximum absolute atomic E-state index is 13.3. The molecule has 0 N–H and O–H groups in total. The highest BCUT2D eigenvalue weighted by Crippen LogP contribution is 2.29. The highest BCUT2D eigenvalue weighted by molar-refractivity contribution is 7.89. The number of aromatic nitrogens is 2. The van der Waals surface area contributed by atoms with Crippen LogP contribution in [0.25, 0.3) is 11.0 Å². The topological polar surface area (TPSA) is 83.5 Å². The molecule has 5 rings (SSSR count). The fourth-order valence-electron chi connectivity index (χ4n) is 4.41. The van der Waals surface area contributed by atoms with Gasteiger partial charge < -0.3 is 4.90 Å². The molecule has 2 heterocycles. The second kappa shape index (κ2) is 9.61. The zero-order chi connectivity index (χ0) is 23.5. The quantitative estimate of drug-likeness (QED) is 0.409. The number of nitrogens with zero attached hydrogens (tertiary/aromatic N) is 4. The minimum absolute atomic E-state index is 0.0283. The third-order valence-corrected chi connectivity index (χ3v) is 8.71. The first-order valence-corrected chi connectivity index (χ1v) is 13.3. The molecule has 174 valence electrons. The number of amides is 1. The Morgan fingerprint density at radius 2 is 1.44 bits per heavy atom. The van der Waals surface area contributed by atoms with Gasteiger partial charge in [-0.2, -0.15) is 13.1 Å². The van der Waals surface area contributed by atoms with Crippen LogP contribution in [0.1, 0.15) is 23.5 Å². The van der Waals surface area contributed by atoms with Crippen LogP contribution >= 0.6 is 11.7 Å². The van der Waals surface area contributed by atoms with Gasteiger partial charge in [-0.15, -0.1) is 0 Å². The number of carbonyl (C=O) groups is 1. The maximum atomic E-state index is 13.3. The van der Waals surface area contributed by atoms with Crippen molar-refractivity contribution in [2.45, 2.75) is 17.2 Å². The Bertz CT molecular complexity index is 1340. The average molecular weight is 493 g/mol. The molecule has 0 atom stereocenters. The molecule has 0 radical (unpaired) electrons. The molecule has 0 spiro atoms. The summed E-state index contributed by atoms with van der Waals surface area (Å²) in [6.07, 6.45) is 0.338. The Morgan fingerprint density at radius 1 is 0.824 bits per heavy atom. The fraction of sp³-hybridized carbons (Fsp3) is 0.240. The molecule has 0 saturated carbocycles. The number of sulfonamides is 1. The monoisotopic (exact) mass is 492 g/mol. The van der Waals surface area contributed by atoms with E-state index in [0.717, 1.165) is 22.9 Å². The van der Waals surface area contributed by atoms with E-state index < -0.39 is 10.0 Å². The van der Waals surface area contributed by atoms with Crippen LogP contribution < -0.4 is 0 Å². The van der Waals surface area contributed by atoms with Gasteiger partial charge in [-0.1, -0.05) is 66.7 Å². The van der Waals surface area contributed by atoms with E-state index in [4.69, 9.17) is 0 Å². The van der Waals surface area contributed by atoms with Crippen molar-refractivity contribution in [2.24, 2.45) is 0 Å². The van der Waals surface area contributed by atoms with E-state index in [0.29, 0.717) is 30.5 Å². The summed E-state index contributed by atoms with van der Waals surface area (Å²) in [6.45, 7) is 1.23. The minimum atomic E-state index is -3.72. The molecule has 34 heavy (non-hydrogen) atoms. The van der Waals surface area contributed by atoms with E-state index in [9.17, 15) is 13.2 Å². The van der Waals surface area contributed by atoms with Crippen LogP contribution in [0.4, 0.5) is 0 Å². The van der Waals surface area contributed by atoms with Gasteiger partial charge in [-0.3, -0.25) is 4.79 Å². The maximum Gasteiger partial charge on any atom is 0.245 e. The lowest BCUT2D eigenvalue weighted by Gasteiger charge is -2.34. The Hall–Kier alpha value is -3.14. The Balaban J connectivity index is 1.29. The summed E-state index contributed by atoms with van der Waals surface area (Å²) in [5, 5.41) is 0. The summed E-state index contributed by atoms with van der Waals surface area (Å²) in [5.41, 5.74) is 3.16. The minimum Gasteiger partial charge on any atom is -0.340 e.